The van der Waals surface area contributed by atoms with Crippen molar-refractivity contribution in [2.24, 2.45) is 0 Å². The topological polar surface area (TPSA) is 46.5 Å². The molecule has 0 radical (unpaired) electrons. The number of rotatable bonds is 9. The fourth-order valence-electron chi connectivity index (χ4n) is 1.19. The van der Waals surface area contributed by atoms with E-state index in [-0.39, 0.29) is 17.1 Å². The molecule has 0 aliphatic carbocycles. The summed E-state index contributed by atoms with van der Waals surface area (Å²) in [5.74, 6) is 0. The van der Waals surface area contributed by atoms with E-state index in [1.807, 2.05) is 0 Å². The molecule has 0 bridgehead atoms. The third-order valence-electron chi connectivity index (χ3n) is 2.09. The molecule has 0 aliphatic rings. The van der Waals surface area contributed by atoms with Crippen LogP contribution in [0.2, 0.25) is 0 Å². The Hall–Kier alpha value is 0.669. The van der Waals surface area contributed by atoms with E-state index in [9.17, 15) is 9.46 Å². The molecule has 0 saturated heterocycles. The fourth-order valence-corrected chi connectivity index (χ4v) is 2.35. The first kappa shape index (κ1) is 18.0. The first-order valence-corrected chi connectivity index (χ1v) is 7.35. The average Bonchev–Trinajstić information content (AvgIpc) is 2.13. The van der Waals surface area contributed by atoms with Crippen molar-refractivity contribution in [3.8, 4) is 0 Å². The van der Waals surface area contributed by atoms with Crippen LogP contribution in [0.1, 0.15) is 52.4 Å². The molecule has 15 heavy (non-hydrogen) atoms. The summed E-state index contributed by atoms with van der Waals surface area (Å²) in [6, 6.07) is 0. The van der Waals surface area contributed by atoms with Gasteiger partial charge in [0.15, 0.2) is 0 Å². The zero-order chi connectivity index (χ0) is 10.9. The van der Waals surface area contributed by atoms with Crippen LogP contribution in [-0.4, -0.2) is 17.7 Å². The summed E-state index contributed by atoms with van der Waals surface area (Å²) in [6.45, 7) is 4.60. The molecular weight excluding hydrogens is 255 g/mol. The summed E-state index contributed by atoms with van der Waals surface area (Å²) < 4.78 is 16.4. The standard InChI is InChI=1S/C10H23O3P.Fe/c1-3-5-7-9-13-14(11,12)10-8-6-4-2;/h3-10H2,1-2H3,(H,11,12);. The molecule has 0 aromatic rings. The number of hydrogen-bond donors (Lipinski definition) is 1. The Morgan fingerprint density at radius 2 is 1.60 bits per heavy atom. The van der Waals surface area contributed by atoms with E-state index in [1.165, 1.54) is 0 Å². The predicted molar refractivity (Wildman–Crippen MR) is 59.7 cm³/mol. The number of hydrogen-bond acceptors (Lipinski definition) is 2. The van der Waals surface area contributed by atoms with E-state index >= 15 is 0 Å². The maximum atomic E-state index is 11.4. The molecule has 94 valence electrons. The van der Waals surface area contributed by atoms with Gasteiger partial charge in [-0.15, -0.1) is 0 Å². The Kier molecular flexibility index (Phi) is 13.4. The van der Waals surface area contributed by atoms with Gasteiger partial charge >= 0.3 is 7.60 Å². The van der Waals surface area contributed by atoms with Gasteiger partial charge in [-0.05, 0) is 12.8 Å². The zero-order valence-corrected chi connectivity index (χ0v) is 11.7. The quantitative estimate of drug-likeness (QED) is 0.398. The van der Waals surface area contributed by atoms with Crippen LogP contribution in [0.15, 0.2) is 0 Å². The minimum Gasteiger partial charge on any atom is -0.324 e. The van der Waals surface area contributed by atoms with Crippen molar-refractivity contribution in [2.75, 3.05) is 12.8 Å². The van der Waals surface area contributed by atoms with Gasteiger partial charge in [-0.3, -0.25) is 4.57 Å². The third-order valence-corrected chi connectivity index (χ3v) is 3.55. The van der Waals surface area contributed by atoms with Crippen LogP contribution >= 0.6 is 7.60 Å². The van der Waals surface area contributed by atoms with Crippen molar-refractivity contribution in [3.05, 3.63) is 0 Å². The Balaban J connectivity index is 0. The summed E-state index contributed by atoms with van der Waals surface area (Å²) in [7, 11) is -3.26. The van der Waals surface area contributed by atoms with Crippen LogP contribution in [0.25, 0.3) is 0 Å². The van der Waals surface area contributed by atoms with Crippen LogP contribution in [-0.2, 0) is 26.2 Å². The van der Waals surface area contributed by atoms with Gasteiger partial charge in [0.05, 0.1) is 6.61 Å². The van der Waals surface area contributed by atoms with Gasteiger partial charge in [-0.1, -0.05) is 39.5 Å². The minimum absolute atomic E-state index is 0. The van der Waals surface area contributed by atoms with Gasteiger partial charge < -0.3 is 9.42 Å². The molecule has 1 atom stereocenters. The molecule has 1 unspecified atom stereocenters. The van der Waals surface area contributed by atoms with E-state index in [1.54, 1.807) is 0 Å². The molecule has 0 spiro atoms. The van der Waals surface area contributed by atoms with Gasteiger partial charge in [0.2, 0.25) is 0 Å². The first-order chi connectivity index (χ1) is 6.62. The summed E-state index contributed by atoms with van der Waals surface area (Å²) in [6.07, 6.45) is 6.22. The average molecular weight is 278 g/mol. The van der Waals surface area contributed by atoms with E-state index in [0.717, 1.165) is 38.5 Å². The molecule has 0 rings (SSSR count). The summed E-state index contributed by atoms with van der Waals surface area (Å²) in [4.78, 5) is 9.37. The van der Waals surface area contributed by atoms with Crippen molar-refractivity contribution in [2.45, 2.75) is 52.4 Å². The fraction of sp³-hybridized carbons (Fsp3) is 1.00. The van der Waals surface area contributed by atoms with Gasteiger partial charge in [0.25, 0.3) is 0 Å². The second-order valence-corrected chi connectivity index (χ2v) is 5.59. The molecule has 0 amide bonds. The molecular formula is C10H23FeO3P. The van der Waals surface area contributed by atoms with Gasteiger partial charge in [-0.25, -0.2) is 0 Å². The van der Waals surface area contributed by atoms with Crippen LogP contribution in [0, 0.1) is 0 Å². The molecule has 1 N–H and O–H groups in total. The Labute approximate surface area is 104 Å². The molecule has 0 fully saturated rings. The van der Waals surface area contributed by atoms with E-state index in [2.05, 4.69) is 13.8 Å². The molecule has 0 aromatic carbocycles. The first-order valence-electron chi connectivity index (χ1n) is 5.58. The van der Waals surface area contributed by atoms with Crippen molar-refractivity contribution >= 4 is 7.60 Å². The van der Waals surface area contributed by atoms with Crippen molar-refractivity contribution in [1.29, 1.82) is 0 Å². The zero-order valence-electron chi connectivity index (χ0n) is 9.72. The van der Waals surface area contributed by atoms with Gasteiger partial charge in [-0.2, -0.15) is 0 Å². The van der Waals surface area contributed by atoms with Crippen LogP contribution < -0.4 is 0 Å². The second-order valence-electron chi connectivity index (χ2n) is 3.61. The van der Waals surface area contributed by atoms with Crippen molar-refractivity contribution < 1.29 is 31.1 Å². The maximum absolute atomic E-state index is 11.4. The van der Waals surface area contributed by atoms with E-state index in [0.29, 0.717) is 12.8 Å². The normalized spacial score (nSPS) is 14.3. The smallest absolute Gasteiger partial charge is 0.324 e. The van der Waals surface area contributed by atoms with Crippen molar-refractivity contribution in [3.63, 3.8) is 0 Å². The number of unbranched alkanes of at least 4 members (excludes halogenated alkanes) is 4. The SMILES string of the molecule is CCCCCOP(=O)(O)CCCCC.[Fe]. The predicted octanol–water partition coefficient (Wildman–Crippen LogP) is 3.57. The van der Waals surface area contributed by atoms with Crippen LogP contribution in [0.4, 0.5) is 0 Å². The Morgan fingerprint density at radius 3 is 2.13 bits per heavy atom. The maximum Gasteiger partial charge on any atom is 0.328 e. The minimum atomic E-state index is -3.26. The van der Waals surface area contributed by atoms with Gasteiger partial charge in [0.1, 0.15) is 0 Å². The Morgan fingerprint density at radius 1 is 1.07 bits per heavy atom. The molecule has 3 nitrogen and oxygen atoms in total. The van der Waals surface area contributed by atoms with Crippen molar-refractivity contribution in [1.82, 2.24) is 0 Å². The molecule has 0 heterocycles. The summed E-state index contributed by atoms with van der Waals surface area (Å²) in [5, 5.41) is 0. The van der Waals surface area contributed by atoms with E-state index in [4.69, 9.17) is 4.52 Å². The molecule has 0 aliphatic heterocycles. The van der Waals surface area contributed by atoms with Gasteiger partial charge in [0, 0.05) is 23.2 Å². The Bertz CT molecular complexity index is 176. The molecule has 5 heteroatoms. The van der Waals surface area contributed by atoms with Crippen LogP contribution in [0.5, 0.6) is 0 Å². The molecule has 0 aromatic heterocycles. The summed E-state index contributed by atoms with van der Waals surface area (Å²) in [5.41, 5.74) is 0. The largest absolute Gasteiger partial charge is 0.328 e. The monoisotopic (exact) mass is 278 g/mol. The van der Waals surface area contributed by atoms with Crippen LogP contribution in [0.3, 0.4) is 0 Å². The third kappa shape index (κ3) is 12.6. The second kappa shape index (κ2) is 11.2. The molecule has 0 saturated carbocycles. The summed E-state index contributed by atoms with van der Waals surface area (Å²) >= 11 is 0. The van der Waals surface area contributed by atoms with E-state index < -0.39 is 7.60 Å².